The van der Waals surface area contributed by atoms with Crippen LogP contribution in [0.4, 0.5) is 0 Å². The van der Waals surface area contributed by atoms with Gasteiger partial charge in [0.2, 0.25) is 0 Å². The van der Waals surface area contributed by atoms with Gasteiger partial charge in [-0.15, -0.1) is 0 Å². The van der Waals surface area contributed by atoms with Crippen molar-refractivity contribution in [3.8, 4) is 5.75 Å². The number of rotatable bonds is 4. The van der Waals surface area contributed by atoms with E-state index in [1.165, 1.54) is 0 Å². The Morgan fingerprint density at radius 3 is 2.45 bits per heavy atom. The number of benzene rings is 2. The first kappa shape index (κ1) is 13.8. The van der Waals surface area contributed by atoms with Gasteiger partial charge in [0.1, 0.15) is 5.75 Å². The zero-order valence-electron chi connectivity index (χ0n) is 11.0. The number of para-hydroxylation sites is 1. The third-order valence-electron chi connectivity index (χ3n) is 2.68. The fourth-order valence-electron chi connectivity index (χ4n) is 1.69. The van der Waals surface area contributed by atoms with Crippen LogP contribution in [-0.4, -0.2) is 11.2 Å². The van der Waals surface area contributed by atoms with E-state index in [1.807, 2.05) is 17.6 Å². The minimum Gasteiger partial charge on any atom is -0.422 e. The molecule has 0 heterocycles. The second-order valence-electron chi connectivity index (χ2n) is 4.23. The van der Waals surface area contributed by atoms with Gasteiger partial charge in [0.15, 0.2) is 0 Å². The van der Waals surface area contributed by atoms with Crippen LogP contribution in [0.25, 0.3) is 6.08 Å². The number of nitrogens with one attached hydrogen (secondary N) is 1. The lowest BCUT2D eigenvalue weighted by Crippen LogP contribution is -2.09. The van der Waals surface area contributed by atoms with E-state index >= 15 is 0 Å². The van der Waals surface area contributed by atoms with Crippen LogP contribution in [0.5, 0.6) is 5.75 Å². The summed E-state index contributed by atoms with van der Waals surface area (Å²) in [6, 6.07) is 15.9. The van der Waals surface area contributed by atoms with Gasteiger partial charge >= 0.3 is 5.97 Å². The Hall–Kier alpha value is -2.59. The molecule has 2 aromatic rings. The Labute approximate surface area is 117 Å². The molecule has 0 atom stereocenters. The summed E-state index contributed by atoms with van der Waals surface area (Å²) in [6.07, 6.45) is 1.69. The fourth-order valence-corrected chi connectivity index (χ4v) is 1.69. The van der Waals surface area contributed by atoms with Crippen molar-refractivity contribution in [2.75, 3.05) is 0 Å². The smallest absolute Gasteiger partial charge is 0.343 e. The van der Waals surface area contributed by atoms with Gasteiger partial charge in [-0.05, 0) is 31.2 Å². The molecule has 0 spiro atoms. The molecule has 0 unspecified atom stereocenters. The Morgan fingerprint density at radius 2 is 1.75 bits per heavy atom. The highest BCUT2D eigenvalue weighted by Gasteiger charge is 2.10. The van der Waals surface area contributed by atoms with E-state index in [2.05, 4.69) is 0 Å². The van der Waals surface area contributed by atoms with E-state index in [-0.39, 0.29) is 0 Å². The molecule has 0 bridgehead atoms. The minimum atomic E-state index is -0.416. The van der Waals surface area contributed by atoms with Crippen molar-refractivity contribution in [1.29, 1.82) is 0 Å². The number of hydrogen-bond acceptors (Lipinski definition) is 4. The first-order valence-corrected chi connectivity index (χ1v) is 6.15. The molecular formula is C16H15NO3. The molecule has 0 saturated heterocycles. The number of carbonyl (C=O) groups excluding carboxylic acids is 1. The van der Waals surface area contributed by atoms with Crippen LogP contribution in [0.1, 0.15) is 22.8 Å². The molecular weight excluding hydrogens is 254 g/mol. The van der Waals surface area contributed by atoms with Crippen LogP contribution in [0, 0.1) is 0 Å². The maximum atomic E-state index is 12.0. The van der Waals surface area contributed by atoms with Gasteiger partial charge in [-0.25, -0.2) is 4.79 Å². The number of allylic oxidation sites excluding steroid dienone is 1. The molecule has 102 valence electrons. The number of ether oxygens (including phenoxy) is 1. The second-order valence-corrected chi connectivity index (χ2v) is 4.23. The van der Waals surface area contributed by atoms with E-state index in [4.69, 9.17) is 9.94 Å². The SMILES string of the molecule is CC(=Cc1ccccc1OC(=O)c1ccccc1)NO. The Morgan fingerprint density at radius 1 is 1.10 bits per heavy atom. The molecule has 0 aliphatic carbocycles. The van der Waals surface area contributed by atoms with Gasteiger partial charge in [-0.3, -0.25) is 10.7 Å². The topological polar surface area (TPSA) is 58.6 Å². The number of carbonyl (C=O) groups is 1. The third-order valence-corrected chi connectivity index (χ3v) is 2.68. The lowest BCUT2D eigenvalue weighted by atomic mass is 10.1. The first-order chi connectivity index (χ1) is 9.70. The maximum absolute atomic E-state index is 12.0. The molecule has 0 fully saturated rings. The molecule has 0 saturated carbocycles. The zero-order chi connectivity index (χ0) is 14.4. The fraction of sp³-hybridized carbons (Fsp3) is 0.0625. The normalized spacial score (nSPS) is 11.0. The lowest BCUT2D eigenvalue weighted by molar-refractivity contribution is 0.0734. The summed E-state index contributed by atoms with van der Waals surface area (Å²) in [5.74, 6) is 0.0250. The average Bonchev–Trinajstić information content (AvgIpc) is 2.50. The molecule has 0 aliphatic rings. The lowest BCUT2D eigenvalue weighted by Gasteiger charge is -2.08. The van der Waals surface area contributed by atoms with Crippen molar-refractivity contribution >= 4 is 12.0 Å². The molecule has 4 heteroatoms. The molecule has 20 heavy (non-hydrogen) atoms. The van der Waals surface area contributed by atoms with Crippen LogP contribution >= 0.6 is 0 Å². The molecule has 2 rings (SSSR count). The Balaban J connectivity index is 2.24. The number of esters is 1. The van der Waals surface area contributed by atoms with E-state index in [0.29, 0.717) is 22.6 Å². The minimum absolute atomic E-state index is 0.416. The van der Waals surface area contributed by atoms with Gasteiger partial charge in [0, 0.05) is 11.3 Å². The summed E-state index contributed by atoms with van der Waals surface area (Å²) in [7, 11) is 0. The highest BCUT2D eigenvalue weighted by atomic mass is 16.5. The van der Waals surface area contributed by atoms with Crippen molar-refractivity contribution in [1.82, 2.24) is 5.48 Å². The standard InChI is InChI=1S/C16H15NO3/c1-12(17-19)11-14-9-5-6-10-15(14)20-16(18)13-7-3-2-4-8-13/h2-11,17,19H,1H3. The largest absolute Gasteiger partial charge is 0.422 e. The summed E-state index contributed by atoms with van der Waals surface area (Å²) < 4.78 is 5.38. The number of hydroxylamine groups is 1. The molecule has 2 aromatic carbocycles. The highest BCUT2D eigenvalue weighted by Crippen LogP contribution is 2.21. The number of hydrogen-bond donors (Lipinski definition) is 2. The summed E-state index contributed by atoms with van der Waals surface area (Å²) in [6.45, 7) is 1.70. The van der Waals surface area contributed by atoms with Crippen LogP contribution in [0.3, 0.4) is 0 Å². The third kappa shape index (κ3) is 3.46. The molecule has 4 nitrogen and oxygen atoms in total. The molecule has 0 amide bonds. The monoisotopic (exact) mass is 269 g/mol. The van der Waals surface area contributed by atoms with E-state index in [9.17, 15) is 4.79 Å². The molecule has 0 aromatic heterocycles. The van der Waals surface area contributed by atoms with Gasteiger partial charge in [-0.1, -0.05) is 36.4 Å². The van der Waals surface area contributed by atoms with Gasteiger partial charge < -0.3 is 4.74 Å². The van der Waals surface area contributed by atoms with Crippen molar-refractivity contribution in [2.45, 2.75) is 6.92 Å². The highest BCUT2D eigenvalue weighted by molar-refractivity contribution is 5.91. The summed E-state index contributed by atoms with van der Waals surface area (Å²) in [5.41, 5.74) is 3.79. The molecule has 2 N–H and O–H groups in total. The van der Waals surface area contributed by atoms with Crippen molar-refractivity contribution < 1.29 is 14.7 Å². The maximum Gasteiger partial charge on any atom is 0.343 e. The summed E-state index contributed by atoms with van der Waals surface area (Å²) >= 11 is 0. The van der Waals surface area contributed by atoms with Crippen molar-refractivity contribution in [3.05, 3.63) is 71.4 Å². The first-order valence-electron chi connectivity index (χ1n) is 6.15. The molecule has 0 radical (unpaired) electrons. The zero-order valence-corrected chi connectivity index (χ0v) is 11.0. The van der Waals surface area contributed by atoms with Crippen LogP contribution in [-0.2, 0) is 0 Å². The second kappa shape index (κ2) is 6.54. The van der Waals surface area contributed by atoms with E-state index in [0.717, 1.165) is 0 Å². The Kier molecular flexibility index (Phi) is 4.52. The summed E-state index contributed by atoms with van der Waals surface area (Å²) in [5, 5.41) is 8.82. The summed E-state index contributed by atoms with van der Waals surface area (Å²) in [4.78, 5) is 12.0. The molecule has 0 aliphatic heterocycles. The van der Waals surface area contributed by atoms with Gasteiger partial charge in [0.25, 0.3) is 0 Å². The van der Waals surface area contributed by atoms with Gasteiger partial charge in [0.05, 0.1) is 5.56 Å². The van der Waals surface area contributed by atoms with Crippen LogP contribution < -0.4 is 10.2 Å². The average molecular weight is 269 g/mol. The Bertz CT molecular complexity index is 621. The quantitative estimate of drug-likeness (QED) is 0.508. The van der Waals surface area contributed by atoms with Crippen molar-refractivity contribution in [3.63, 3.8) is 0 Å². The van der Waals surface area contributed by atoms with E-state index < -0.39 is 5.97 Å². The van der Waals surface area contributed by atoms with Crippen LogP contribution in [0.2, 0.25) is 0 Å². The predicted octanol–water partition coefficient (Wildman–Crippen LogP) is 3.25. The van der Waals surface area contributed by atoms with Crippen molar-refractivity contribution in [2.24, 2.45) is 0 Å². The van der Waals surface area contributed by atoms with E-state index in [1.54, 1.807) is 55.5 Å². The van der Waals surface area contributed by atoms with Crippen LogP contribution in [0.15, 0.2) is 60.3 Å². The predicted molar refractivity (Wildman–Crippen MR) is 76.4 cm³/mol. The van der Waals surface area contributed by atoms with Gasteiger partial charge in [-0.2, -0.15) is 0 Å².